The molecule has 8 aromatic carbocycles. The summed E-state index contributed by atoms with van der Waals surface area (Å²) in [4.78, 5) is 20.4. The van der Waals surface area contributed by atoms with Crippen LogP contribution in [0.4, 0.5) is 0 Å². The predicted molar refractivity (Wildman–Crippen MR) is 221 cm³/mol. The summed E-state index contributed by atoms with van der Waals surface area (Å²) in [5.74, 6) is 1.89. The Hall–Kier alpha value is -6.82. The van der Waals surface area contributed by atoms with Crippen molar-refractivity contribution in [2.45, 2.75) is 0 Å². The largest absolute Gasteiger partial charge is 0.235 e. The van der Waals surface area contributed by atoms with Crippen molar-refractivity contribution in [1.29, 1.82) is 0 Å². The van der Waals surface area contributed by atoms with Crippen molar-refractivity contribution in [1.82, 2.24) is 19.9 Å². The second-order valence-corrected chi connectivity index (χ2v) is 14.1. The Morgan fingerprint density at radius 2 is 0.887 bits per heavy atom. The standard InChI is InChI=1S/C48H30N4S/c1-4-15-31(16-5-1)45-50-46(32-17-6-2-7-18-32)52-47(51-45)35-27-28-39(40-25-14-26-43-44(40)49-48(53-43)33-19-8-3-9-20-33)42(30-35)41-29-34-21-10-11-22-36(34)37-23-12-13-24-38(37)41/h1-30H. The molecule has 53 heavy (non-hydrogen) atoms. The van der Waals surface area contributed by atoms with E-state index in [1.165, 1.54) is 21.5 Å². The lowest BCUT2D eigenvalue weighted by Crippen LogP contribution is -2.00. The van der Waals surface area contributed by atoms with Crippen LogP contribution >= 0.6 is 11.3 Å². The summed E-state index contributed by atoms with van der Waals surface area (Å²) in [6.07, 6.45) is 0. The van der Waals surface area contributed by atoms with Crippen LogP contribution in [0.1, 0.15) is 0 Å². The van der Waals surface area contributed by atoms with E-state index >= 15 is 0 Å². The van der Waals surface area contributed by atoms with E-state index in [9.17, 15) is 0 Å². The number of aromatic nitrogens is 4. The molecule has 0 aliphatic carbocycles. The van der Waals surface area contributed by atoms with Gasteiger partial charge in [0.05, 0.1) is 10.2 Å². The highest BCUT2D eigenvalue weighted by molar-refractivity contribution is 7.21. The predicted octanol–water partition coefficient (Wildman–Crippen LogP) is 12.8. The van der Waals surface area contributed by atoms with Crippen LogP contribution in [0.5, 0.6) is 0 Å². The highest BCUT2D eigenvalue weighted by Gasteiger charge is 2.20. The van der Waals surface area contributed by atoms with E-state index in [0.717, 1.165) is 59.7 Å². The zero-order chi connectivity index (χ0) is 35.1. The van der Waals surface area contributed by atoms with Gasteiger partial charge in [-0.3, -0.25) is 0 Å². The van der Waals surface area contributed by atoms with Gasteiger partial charge in [-0.15, -0.1) is 11.3 Å². The van der Waals surface area contributed by atoms with Crippen LogP contribution < -0.4 is 0 Å². The molecule has 5 heteroatoms. The molecule has 2 aromatic heterocycles. The summed E-state index contributed by atoms with van der Waals surface area (Å²) < 4.78 is 1.15. The highest BCUT2D eigenvalue weighted by Crippen LogP contribution is 2.44. The van der Waals surface area contributed by atoms with E-state index in [0.29, 0.717) is 17.5 Å². The third-order valence-electron chi connectivity index (χ3n) is 9.77. The fourth-order valence-electron chi connectivity index (χ4n) is 7.23. The Labute approximate surface area is 310 Å². The Morgan fingerprint density at radius 1 is 0.321 bits per heavy atom. The molecule has 2 heterocycles. The minimum Gasteiger partial charge on any atom is -0.235 e. The van der Waals surface area contributed by atoms with Gasteiger partial charge < -0.3 is 0 Å². The van der Waals surface area contributed by atoms with Crippen LogP contribution in [0.25, 0.3) is 98.7 Å². The lowest BCUT2D eigenvalue weighted by atomic mass is 9.87. The van der Waals surface area contributed by atoms with Gasteiger partial charge >= 0.3 is 0 Å². The zero-order valence-electron chi connectivity index (χ0n) is 28.5. The number of fused-ring (bicyclic) bond motifs is 4. The molecule has 0 saturated carbocycles. The lowest BCUT2D eigenvalue weighted by Gasteiger charge is -2.17. The van der Waals surface area contributed by atoms with Crippen molar-refractivity contribution in [3.63, 3.8) is 0 Å². The molecule has 0 N–H and O–H groups in total. The van der Waals surface area contributed by atoms with Crippen molar-refractivity contribution < 1.29 is 0 Å². The van der Waals surface area contributed by atoms with Crippen molar-refractivity contribution >= 4 is 43.1 Å². The molecule has 10 aromatic rings. The van der Waals surface area contributed by atoms with Crippen molar-refractivity contribution in [3.05, 3.63) is 182 Å². The van der Waals surface area contributed by atoms with Gasteiger partial charge in [0.1, 0.15) is 5.01 Å². The normalized spacial score (nSPS) is 11.4. The van der Waals surface area contributed by atoms with Gasteiger partial charge in [-0.1, -0.05) is 164 Å². The smallest absolute Gasteiger partial charge is 0.164 e. The molecule has 0 atom stereocenters. The van der Waals surface area contributed by atoms with Gasteiger partial charge in [0.2, 0.25) is 0 Å². The lowest BCUT2D eigenvalue weighted by molar-refractivity contribution is 1.07. The number of thiazole rings is 1. The molecule has 0 fully saturated rings. The van der Waals surface area contributed by atoms with Crippen molar-refractivity contribution in [2.75, 3.05) is 0 Å². The first-order chi connectivity index (χ1) is 26.3. The molecule has 0 amide bonds. The molecule has 0 spiro atoms. The minimum absolute atomic E-state index is 0.619. The van der Waals surface area contributed by atoms with E-state index in [2.05, 4.69) is 115 Å². The SMILES string of the molecule is c1ccc(-c2nc(-c3ccccc3)nc(-c3ccc(-c4cccc5sc(-c6ccccc6)nc45)c(-c4cc5ccccc5c5ccccc45)c3)n2)cc1. The average Bonchev–Trinajstić information content (AvgIpc) is 3.69. The number of para-hydroxylation sites is 1. The van der Waals surface area contributed by atoms with E-state index in [4.69, 9.17) is 19.9 Å². The molecule has 0 aliphatic rings. The summed E-state index contributed by atoms with van der Waals surface area (Å²) in [6.45, 7) is 0. The second kappa shape index (κ2) is 13.1. The molecule has 248 valence electrons. The third kappa shape index (κ3) is 5.64. The molecule has 0 bridgehead atoms. The number of nitrogens with zero attached hydrogens (tertiary/aromatic N) is 4. The minimum atomic E-state index is 0.619. The van der Waals surface area contributed by atoms with Gasteiger partial charge in [0.15, 0.2) is 17.5 Å². The maximum absolute atomic E-state index is 5.26. The van der Waals surface area contributed by atoms with E-state index in [1.54, 1.807) is 11.3 Å². The first kappa shape index (κ1) is 31.0. The van der Waals surface area contributed by atoms with Crippen molar-refractivity contribution in [3.8, 4) is 67.0 Å². The molecular weight excluding hydrogens is 665 g/mol. The van der Waals surface area contributed by atoms with Crippen LogP contribution in [-0.4, -0.2) is 19.9 Å². The van der Waals surface area contributed by atoms with Gasteiger partial charge in [-0.2, -0.15) is 0 Å². The fourth-order valence-corrected chi connectivity index (χ4v) is 8.22. The quantitative estimate of drug-likeness (QED) is 0.163. The first-order valence-electron chi connectivity index (χ1n) is 17.6. The van der Waals surface area contributed by atoms with Crippen LogP contribution in [0, 0.1) is 0 Å². The van der Waals surface area contributed by atoms with Crippen LogP contribution in [-0.2, 0) is 0 Å². The van der Waals surface area contributed by atoms with Crippen LogP contribution in [0.3, 0.4) is 0 Å². The molecule has 4 nitrogen and oxygen atoms in total. The average molecular weight is 695 g/mol. The van der Waals surface area contributed by atoms with E-state index in [1.807, 2.05) is 66.7 Å². The number of rotatable bonds is 6. The summed E-state index contributed by atoms with van der Waals surface area (Å²) in [5, 5.41) is 5.83. The zero-order valence-corrected chi connectivity index (χ0v) is 29.3. The number of hydrogen-bond donors (Lipinski definition) is 0. The topological polar surface area (TPSA) is 51.6 Å². The Bertz CT molecular complexity index is 2880. The molecule has 10 rings (SSSR count). The van der Waals surface area contributed by atoms with Crippen LogP contribution in [0.15, 0.2) is 182 Å². The first-order valence-corrected chi connectivity index (χ1v) is 18.5. The second-order valence-electron chi connectivity index (χ2n) is 13.0. The van der Waals surface area contributed by atoms with Gasteiger partial charge in [0.25, 0.3) is 0 Å². The molecular formula is C48H30N4S. The number of benzene rings is 8. The molecule has 0 saturated heterocycles. The van der Waals surface area contributed by atoms with Crippen molar-refractivity contribution in [2.24, 2.45) is 0 Å². The summed E-state index contributed by atoms with van der Waals surface area (Å²) in [6, 6.07) is 63.5. The molecule has 0 aliphatic heterocycles. The highest BCUT2D eigenvalue weighted by atomic mass is 32.1. The fraction of sp³-hybridized carbons (Fsp3) is 0. The maximum atomic E-state index is 5.26. The third-order valence-corrected chi connectivity index (χ3v) is 10.8. The molecule has 0 radical (unpaired) electrons. The van der Waals surface area contributed by atoms with Gasteiger partial charge in [0, 0.05) is 27.8 Å². The number of hydrogen-bond acceptors (Lipinski definition) is 5. The maximum Gasteiger partial charge on any atom is 0.164 e. The molecule has 0 unspecified atom stereocenters. The van der Waals surface area contributed by atoms with Gasteiger partial charge in [-0.05, 0) is 56.4 Å². The summed E-state index contributed by atoms with van der Waals surface area (Å²) in [5.41, 5.74) is 9.33. The summed E-state index contributed by atoms with van der Waals surface area (Å²) >= 11 is 1.73. The van der Waals surface area contributed by atoms with Crippen LogP contribution in [0.2, 0.25) is 0 Å². The monoisotopic (exact) mass is 694 g/mol. The summed E-state index contributed by atoms with van der Waals surface area (Å²) in [7, 11) is 0. The Morgan fingerprint density at radius 3 is 1.57 bits per heavy atom. The van der Waals surface area contributed by atoms with E-state index < -0.39 is 0 Å². The van der Waals surface area contributed by atoms with Gasteiger partial charge in [-0.25, -0.2) is 19.9 Å². The Kier molecular flexibility index (Phi) is 7.63. The Balaban J connectivity index is 1.25. The van der Waals surface area contributed by atoms with E-state index in [-0.39, 0.29) is 0 Å².